The molecular weight excluding hydrogens is 280 g/mol. The van der Waals surface area contributed by atoms with Crippen LogP contribution in [-0.2, 0) is 10.0 Å². The van der Waals surface area contributed by atoms with Crippen LogP contribution in [0.2, 0.25) is 0 Å². The molecule has 1 saturated heterocycles. The first-order valence-electron chi connectivity index (χ1n) is 6.55. The van der Waals surface area contributed by atoms with E-state index in [-0.39, 0.29) is 11.5 Å². The number of hydrogen-bond acceptors (Lipinski definition) is 5. The molecule has 1 aliphatic heterocycles. The second-order valence-electron chi connectivity index (χ2n) is 4.65. The van der Waals surface area contributed by atoms with Crippen molar-refractivity contribution >= 4 is 10.0 Å². The van der Waals surface area contributed by atoms with E-state index in [1.165, 1.54) is 17.5 Å². The zero-order valence-electron chi connectivity index (χ0n) is 11.5. The third kappa shape index (κ3) is 3.29. The van der Waals surface area contributed by atoms with Gasteiger partial charge in [0.2, 0.25) is 10.0 Å². The number of ether oxygens (including phenoxy) is 1. The van der Waals surface area contributed by atoms with Crippen molar-refractivity contribution in [3.05, 3.63) is 24.3 Å². The van der Waals surface area contributed by atoms with Crippen molar-refractivity contribution in [2.75, 3.05) is 46.4 Å². The minimum atomic E-state index is -3.47. The summed E-state index contributed by atoms with van der Waals surface area (Å²) < 4.78 is 31.6. The highest BCUT2D eigenvalue weighted by atomic mass is 32.2. The number of benzene rings is 1. The largest absolute Gasteiger partial charge is 0.497 e. The average molecular weight is 300 g/mol. The Morgan fingerprint density at radius 1 is 1.25 bits per heavy atom. The second kappa shape index (κ2) is 6.53. The summed E-state index contributed by atoms with van der Waals surface area (Å²) in [5, 5.41) is 8.89. The van der Waals surface area contributed by atoms with Gasteiger partial charge < -0.3 is 9.84 Å². The number of β-amino-alcohol motifs (C(OH)–C–C–N with tert-alkyl or cyclic N) is 1. The van der Waals surface area contributed by atoms with Crippen molar-refractivity contribution < 1.29 is 18.3 Å². The third-order valence-corrected chi connectivity index (χ3v) is 5.32. The minimum Gasteiger partial charge on any atom is -0.497 e. The van der Waals surface area contributed by atoms with Crippen LogP contribution in [0.3, 0.4) is 0 Å². The number of nitrogens with zero attached hydrogens (tertiary/aromatic N) is 2. The Labute approximate surface area is 119 Å². The summed E-state index contributed by atoms with van der Waals surface area (Å²) in [7, 11) is -1.96. The fourth-order valence-electron chi connectivity index (χ4n) is 2.25. The molecule has 1 N–H and O–H groups in total. The van der Waals surface area contributed by atoms with Gasteiger partial charge in [0.25, 0.3) is 0 Å². The zero-order chi connectivity index (χ0) is 14.6. The van der Waals surface area contributed by atoms with E-state index in [1.54, 1.807) is 18.2 Å². The minimum absolute atomic E-state index is 0.0998. The molecule has 1 heterocycles. The molecule has 0 aromatic heterocycles. The molecule has 2 rings (SSSR count). The molecule has 1 aromatic carbocycles. The highest BCUT2D eigenvalue weighted by Crippen LogP contribution is 2.21. The predicted molar refractivity (Wildman–Crippen MR) is 75.3 cm³/mol. The molecule has 1 aromatic rings. The maximum atomic E-state index is 12.5. The van der Waals surface area contributed by atoms with E-state index in [1.807, 2.05) is 0 Å². The standard InChI is InChI=1S/C13H20N2O4S/c1-19-12-3-2-4-13(11-12)20(17,18)15-7-5-14(6-8-15)9-10-16/h2-4,11,16H,5-10H2,1H3. The number of aliphatic hydroxyl groups excluding tert-OH is 1. The van der Waals surface area contributed by atoms with Gasteiger partial charge in [-0.1, -0.05) is 6.07 Å². The smallest absolute Gasteiger partial charge is 0.243 e. The average Bonchev–Trinajstić information content (AvgIpc) is 2.48. The van der Waals surface area contributed by atoms with Gasteiger partial charge in [-0.2, -0.15) is 4.31 Å². The van der Waals surface area contributed by atoms with Crippen molar-refractivity contribution in [3.63, 3.8) is 0 Å². The summed E-state index contributed by atoms with van der Waals surface area (Å²) in [6.07, 6.45) is 0. The van der Waals surface area contributed by atoms with Gasteiger partial charge in [0.05, 0.1) is 18.6 Å². The summed E-state index contributed by atoms with van der Waals surface area (Å²) >= 11 is 0. The van der Waals surface area contributed by atoms with Crippen molar-refractivity contribution in [2.24, 2.45) is 0 Å². The normalized spacial score (nSPS) is 18.1. The topological polar surface area (TPSA) is 70.1 Å². The summed E-state index contributed by atoms with van der Waals surface area (Å²) in [5.41, 5.74) is 0. The van der Waals surface area contributed by atoms with Crippen molar-refractivity contribution in [2.45, 2.75) is 4.90 Å². The molecule has 0 bridgehead atoms. The van der Waals surface area contributed by atoms with E-state index in [0.29, 0.717) is 38.5 Å². The SMILES string of the molecule is COc1cccc(S(=O)(=O)N2CCN(CCO)CC2)c1. The summed E-state index contributed by atoms with van der Waals surface area (Å²) in [6.45, 7) is 2.86. The lowest BCUT2D eigenvalue weighted by molar-refractivity contribution is 0.151. The number of methoxy groups -OCH3 is 1. The van der Waals surface area contributed by atoms with Gasteiger partial charge in [0.1, 0.15) is 5.75 Å². The Bertz CT molecular complexity index is 539. The molecular formula is C13H20N2O4S. The molecule has 0 unspecified atom stereocenters. The van der Waals surface area contributed by atoms with Crippen LogP contribution in [0.15, 0.2) is 29.2 Å². The molecule has 0 atom stereocenters. The summed E-state index contributed by atoms with van der Waals surface area (Å²) in [5.74, 6) is 0.532. The van der Waals surface area contributed by atoms with Gasteiger partial charge in [0, 0.05) is 38.8 Å². The molecule has 6 nitrogen and oxygen atoms in total. The van der Waals surface area contributed by atoms with Crippen LogP contribution in [0, 0.1) is 0 Å². The van der Waals surface area contributed by atoms with Gasteiger partial charge in [-0.05, 0) is 12.1 Å². The van der Waals surface area contributed by atoms with Crippen molar-refractivity contribution in [3.8, 4) is 5.75 Å². The molecule has 0 saturated carbocycles. The molecule has 112 valence electrons. The van der Waals surface area contributed by atoms with Crippen molar-refractivity contribution in [1.82, 2.24) is 9.21 Å². The van der Waals surface area contributed by atoms with Crippen LogP contribution in [0.25, 0.3) is 0 Å². The fourth-order valence-corrected chi connectivity index (χ4v) is 3.70. The van der Waals surface area contributed by atoms with E-state index in [0.717, 1.165) is 0 Å². The van der Waals surface area contributed by atoms with Crippen molar-refractivity contribution in [1.29, 1.82) is 0 Å². The van der Waals surface area contributed by atoms with E-state index >= 15 is 0 Å². The highest BCUT2D eigenvalue weighted by Gasteiger charge is 2.28. The lowest BCUT2D eigenvalue weighted by atomic mass is 10.3. The lowest BCUT2D eigenvalue weighted by Gasteiger charge is -2.33. The Morgan fingerprint density at radius 3 is 2.55 bits per heavy atom. The second-order valence-corrected chi connectivity index (χ2v) is 6.59. The lowest BCUT2D eigenvalue weighted by Crippen LogP contribution is -2.49. The maximum absolute atomic E-state index is 12.5. The molecule has 7 heteroatoms. The fraction of sp³-hybridized carbons (Fsp3) is 0.538. The molecule has 0 spiro atoms. The molecule has 0 amide bonds. The number of hydrogen-bond donors (Lipinski definition) is 1. The van der Waals surface area contributed by atoms with E-state index in [4.69, 9.17) is 9.84 Å². The zero-order valence-corrected chi connectivity index (χ0v) is 12.3. The van der Waals surface area contributed by atoms with Crippen LogP contribution < -0.4 is 4.74 Å². The van der Waals surface area contributed by atoms with Gasteiger partial charge in [-0.15, -0.1) is 0 Å². The van der Waals surface area contributed by atoms with Gasteiger partial charge in [0.15, 0.2) is 0 Å². The van der Waals surface area contributed by atoms with Crippen LogP contribution >= 0.6 is 0 Å². The predicted octanol–water partition coefficient (Wildman–Crippen LogP) is -0.00620. The Morgan fingerprint density at radius 2 is 1.95 bits per heavy atom. The van der Waals surface area contributed by atoms with E-state index < -0.39 is 10.0 Å². The molecule has 1 fully saturated rings. The highest BCUT2D eigenvalue weighted by molar-refractivity contribution is 7.89. The molecule has 1 aliphatic rings. The van der Waals surface area contributed by atoms with Gasteiger partial charge in [-0.25, -0.2) is 8.42 Å². The van der Waals surface area contributed by atoms with Crippen LogP contribution in [-0.4, -0.2) is 69.2 Å². The Kier molecular flexibility index (Phi) is 4.98. The van der Waals surface area contributed by atoms with Crippen LogP contribution in [0.4, 0.5) is 0 Å². The molecule has 0 aliphatic carbocycles. The number of piperazine rings is 1. The number of rotatable bonds is 5. The molecule has 0 radical (unpaired) electrons. The first-order valence-corrected chi connectivity index (χ1v) is 7.99. The monoisotopic (exact) mass is 300 g/mol. The van der Waals surface area contributed by atoms with E-state index in [2.05, 4.69) is 4.90 Å². The Balaban J connectivity index is 2.11. The third-order valence-electron chi connectivity index (χ3n) is 3.43. The quantitative estimate of drug-likeness (QED) is 0.828. The number of sulfonamides is 1. The van der Waals surface area contributed by atoms with Crippen LogP contribution in [0.1, 0.15) is 0 Å². The van der Waals surface area contributed by atoms with Gasteiger partial charge >= 0.3 is 0 Å². The molecule has 20 heavy (non-hydrogen) atoms. The van der Waals surface area contributed by atoms with Gasteiger partial charge in [-0.3, -0.25) is 4.90 Å². The summed E-state index contributed by atoms with van der Waals surface area (Å²) in [4.78, 5) is 2.31. The Hall–Kier alpha value is -1.15. The maximum Gasteiger partial charge on any atom is 0.243 e. The van der Waals surface area contributed by atoms with Crippen LogP contribution in [0.5, 0.6) is 5.75 Å². The summed E-state index contributed by atoms with van der Waals surface area (Å²) in [6, 6.07) is 6.51. The first-order chi connectivity index (χ1) is 9.57. The first kappa shape index (κ1) is 15.2. The van der Waals surface area contributed by atoms with E-state index in [9.17, 15) is 8.42 Å². The number of aliphatic hydroxyl groups is 1.